The minimum Gasteiger partial charge on any atom is -0.292 e. The topological polar surface area (TPSA) is 17.1 Å². The van der Waals surface area contributed by atoms with Crippen LogP contribution in [0.2, 0.25) is 0 Å². The van der Waals surface area contributed by atoms with Gasteiger partial charge in [0.1, 0.15) is 0 Å². The largest absolute Gasteiger partial charge is 1.00 e. The third-order valence-corrected chi connectivity index (χ3v) is 2.04. The Balaban J connectivity index is 0.000000810. The molecule has 0 unspecified atom stereocenters. The first kappa shape index (κ1) is 10.2. The molecule has 0 aromatic heterocycles. The van der Waals surface area contributed by atoms with Gasteiger partial charge in [-0.15, -0.1) is 6.42 Å². The molecule has 0 N–H and O–H groups in total. The van der Waals surface area contributed by atoms with E-state index in [2.05, 4.69) is 6.08 Å². The van der Waals surface area contributed by atoms with Gasteiger partial charge in [-0.1, -0.05) is 12.8 Å². The molecule has 50 valence electrons. The fourth-order valence-corrected chi connectivity index (χ4v) is 1.41. The zero-order chi connectivity index (χ0) is 6.53. The van der Waals surface area contributed by atoms with E-state index >= 15 is 0 Å². The number of rotatable bonds is 2. The fourth-order valence-electron chi connectivity index (χ4n) is 0.852. The summed E-state index contributed by atoms with van der Waals surface area (Å²) in [6, 6.07) is 0. The van der Waals surface area contributed by atoms with Gasteiger partial charge in [-0.2, -0.15) is 17.0 Å². The second-order valence-electron chi connectivity index (χ2n) is 1.97. The molecule has 10 heavy (non-hydrogen) atoms. The number of carbonyl (C=O) groups excluding carboxylic acids is 1. The van der Waals surface area contributed by atoms with E-state index in [0.29, 0.717) is 0 Å². The molecule has 3 heteroatoms. The third kappa shape index (κ3) is 3.41. The molecule has 0 aromatic rings. The Morgan fingerprint density at radius 3 is 2.90 bits per heavy atom. The maximum absolute atomic E-state index is 9.98. The van der Waals surface area contributed by atoms with Gasteiger partial charge in [-0.25, -0.2) is 12.2 Å². The van der Waals surface area contributed by atoms with Gasteiger partial charge in [-0.3, -0.25) is 4.79 Å². The molecule has 1 nitrogen and oxygen atoms in total. The zero-order valence-corrected chi connectivity index (χ0v) is 6.99. The summed E-state index contributed by atoms with van der Waals surface area (Å²) < 4.78 is 0. The van der Waals surface area contributed by atoms with E-state index in [4.69, 9.17) is 0 Å². The second kappa shape index (κ2) is 5.97. The van der Waals surface area contributed by atoms with Crippen molar-refractivity contribution >= 4 is 17.4 Å². The minimum atomic E-state index is 0. The van der Waals surface area contributed by atoms with Crippen molar-refractivity contribution in [3.05, 3.63) is 17.4 Å². The van der Waals surface area contributed by atoms with Gasteiger partial charge >= 0.3 is 18.9 Å². The average molecular weight is 148 g/mol. The third-order valence-electron chi connectivity index (χ3n) is 1.30. The molecular weight excluding hydrogens is 139 g/mol. The average Bonchev–Trinajstić information content (AvgIpc) is 1.91. The summed E-state index contributed by atoms with van der Waals surface area (Å²) in [5.41, 5.74) is 0.894. The van der Waals surface area contributed by atoms with Crippen LogP contribution < -0.4 is 18.9 Å². The predicted octanol–water partition coefficient (Wildman–Crippen LogP) is -0.814. The number of allylic oxidation sites excluding steroid dienone is 1. The molecule has 0 fully saturated rings. The zero-order valence-electron chi connectivity index (χ0n) is 6.17. The smallest absolute Gasteiger partial charge is 0.292 e. The van der Waals surface area contributed by atoms with Gasteiger partial charge in [0.2, 0.25) is 0 Å². The molecule has 0 bridgehead atoms. The Kier molecular flexibility index (Phi) is 6.11. The van der Waals surface area contributed by atoms with Crippen LogP contribution in [0.1, 0.15) is 19.3 Å². The van der Waals surface area contributed by atoms with Gasteiger partial charge in [0, 0.05) is 0 Å². The van der Waals surface area contributed by atoms with Crippen LogP contribution >= 0.6 is 11.8 Å². The van der Waals surface area contributed by atoms with Crippen molar-refractivity contribution in [2.75, 3.05) is 0 Å². The summed E-state index contributed by atoms with van der Waals surface area (Å²) >= 11 is 1.30. The second-order valence-corrected chi connectivity index (χ2v) is 2.93. The van der Waals surface area contributed by atoms with Crippen LogP contribution in [-0.4, -0.2) is 5.62 Å². The number of thioether (sulfide) groups is 1. The van der Waals surface area contributed by atoms with E-state index in [9.17, 15) is 4.79 Å². The molecule has 0 spiro atoms. The van der Waals surface area contributed by atoms with E-state index in [0.717, 1.165) is 12.0 Å². The Labute approximate surface area is 77.8 Å². The fraction of sp³-hybridized carbons (Fsp3) is 0.429. The van der Waals surface area contributed by atoms with Gasteiger partial charge in [-0.05, 0) is 0 Å². The Hall–Kier alpha value is 0.227. The first-order valence-electron chi connectivity index (χ1n) is 3.06. The summed E-state index contributed by atoms with van der Waals surface area (Å²) in [6.45, 7) is 0. The molecule has 1 aliphatic carbocycles. The van der Waals surface area contributed by atoms with Crippen molar-refractivity contribution in [1.82, 2.24) is 0 Å². The predicted molar refractivity (Wildman–Crippen MR) is 40.6 cm³/mol. The maximum Gasteiger partial charge on any atom is 1.00 e. The van der Waals surface area contributed by atoms with Crippen LogP contribution in [0.15, 0.2) is 12.2 Å². The van der Waals surface area contributed by atoms with Crippen LogP contribution in [-0.2, 0) is 4.79 Å². The standard InChI is InChI=1S/C7H9OS.Li/c8-6-9-7-4-2-1-3-5-7;/h2,4,6H,1,3,5H2;/q-1;+1. The molecule has 1 aliphatic rings. The van der Waals surface area contributed by atoms with E-state index in [1.807, 2.05) is 6.08 Å². The molecule has 0 heterocycles. The van der Waals surface area contributed by atoms with Crippen molar-refractivity contribution in [2.24, 2.45) is 0 Å². The van der Waals surface area contributed by atoms with Crippen molar-refractivity contribution < 1.29 is 23.7 Å². The molecule has 0 saturated carbocycles. The molecule has 0 saturated heterocycles. The first-order chi connectivity index (χ1) is 4.43. The molecule has 0 atom stereocenters. The molecule has 1 rings (SSSR count). The monoisotopic (exact) mass is 148 g/mol. The van der Waals surface area contributed by atoms with Gasteiger partial charge in [0.15, 0.2) is 5.62 Å². The van der Waals surface area contributed by atoms with Crippen molar-refractivity contribution in [2.45, 2.75) is 19.3 Å². The number of carbonyl (C=O) groups is 1. The maximum atomic E-state index is 9.98. The van der Waals surface area contributed by atoms with Crippen molar-refractivity contribution in [1.29, 1.82) is 0 Å². The normalized spacial score (nSPS) is 16.2. The molecule has 0 aliphatic heterocycles. The first-order valence-corrected chi connectivity index (χ1v) is 3.94. The Bertz CT molecular complexity index is 125. The van der Waals surface area contributed by atoms with E-state index in [1.54, 1.807) is 0 Å². The van der Waals surface area contributed by atoms with Gasteiger partial charge in [0.05, 0.1) is 0 Å². The van der Waals surface area contributed by atoms with Crippen molar-refractivity contribution in [3.8, 4) is 0 Å². The summed E-state index contributed by atoms with van der Waals surface area (Å²) in [7, 11) is 0. The Morgan fingerprint density at radius 2 is 2.40 bits per heavy atom. The van der Waals surface area contributed by atoms with Crippen LogP contribution in [0.5, 0.6) is 0 Å². The summed E-state index contributed by atoms with van der Waals surface area (Å²) in [5.74, 6) is 0. The van der Waals surface area contributed by atoms with E-state index < -0.39 is 0 Å². The van der Waals surface area contributed by atoms with E-state index in [-0.39, 0.29) is 18.9 Å². The van der Waals surface area contributed by atoms with Crippen LogP contribution in [0.25, 0.3) is 0 Å². The SMILES string of the molecule is O=CS[C-]1C=CCCC1.[Li+]. The number of hydrogen-bond donors (Lipinski definition) is 0. The van der Waals surface area contributed by atoms with Crippen LogP contribution in [0, 0.1) is 5.25 Å². The molecular formula is C7H9LiOS. The minimum absolute atomic E-state index is 0. The van der Waals surface area contributed by atoms with E-state index in [1.165, 1.54) is 29.9 Å². The summed E-state index contributed by atoms with van der Waals surface area (Å²) in [6.07, 6.45) is 7.62. The van der Waals surface area contributed by atoms with Gasteiger partial charge < -0.3 is 0 Å². The Morgan fingerprint density at radius 1 is 1.60 bits per heavy atom. The van der Waals surface area contributed by atoms with Crippen LogP contribution in [0.4, 0.5) is 0 Å². The van der Waals surface area contributed by atoms with Gasteiger partial charge in [0.25, 0.3) is 0 Å². The van der Waals surface area contributed by atoms with Crippen molar-refractivity contribution in [3.63, 3.8) is 0 Å². The van der Waals surface area contributed by atoms with Crippen LogP contribution in [0.3, 0.4) is 0 Å². The summed E-state index contributed by atoms with van der Waals surface area (Å²) in [4.78, 5) is 9.98. The summed E-state index contributed by atoms with van der Waals surface area (Å²) in [5, 5.41) is 1.20. The molecule has 0 radical (unpaired) electrons. The molecule has 0 amide bonds. The quantitative estimate of drug-likeness (QED) is 0.289. The number of hydrogen-bond acceptors (Lipinski definition) is 2. The molecule has 0 aromatic carbocycles.